The van der Waals surface area contributed by atoms with E-state index in [0.717, 1.165) is 0 Å². The Morgan fingerprint density at radius 2 is 2.15 bits per heavy atom. The highest BCUT2D eigenvalue weighted by atomic mass is 32.2. The minimum Gasteiger partial charge on any atom is -0.478 e. The maximum atomic E-state index is 10.7. The Balaban J connectivity index is 4.34. The first-order valence-corrected chi connectivity index (χ1v) is 4.90. The molecule has 0 aliphatic carbocycles. The summed E-state index contributed by atoms with van der Waals surface area (Å²) in [6.07, 6.45) is 1.94. The molecule has 0 heterocycles. The van der Waals surface area contributed by atoms with Crippen molar-refractivity contribution in [3.8, 4) is 0 Å². The van der Waals surface area contributed by atoms with Crippen LogP contribution in [0, 0.1) is 0 Å². The van der Waals surface area contributed by atoms with Crippen LogP contribution in [-0.2, 0) is 4.79 Å². The van der Waals surface area contributed by atoms with Crippen molar-refractivity contribution in [1.29, 1.82) is 0 Å². The van der Waals surface area contributed by atoms with Gasteiger partial charge in [0.25, 0.3) is 0 Å². The second-order valence-electron chi connectivity index (χ2n) is 2.51. The quantitative estimate of drug-likeness (QED) is 0.438. The number of carboxylic acids is 1. The van der Waals surface area contributed by atoms with Gasteiger partial charge in [0.2, 0.25) is 0 Å². The summed E-state index contributed by atoms with van der Waals surface area (Å²) in [4.78, 5) is 21.1. The minimum absolute atomic E-state index is 0.131. The highest BCUT2D eigenvalue weighted by Gasteiger charge is 2.34. The third-order valence-corrected chi connectivity index (χ3v) is 2.04. The molecule has 0 aromatic carbocycles. The molecule has 0 radical (unpaired) electrons. The molecule has 76 valence electrons. The van der Waals surface area contributed by atoms with Crippen LogP contribution in [0.4, 0.5) is 4.79 Å². The largest absolute Gasteiger partial charge is 0.478 e. The van der Waals surface area contributed by atoms with Gasteiger partial charge in [0.05, 0.1) is 0 Å². The highest BCUT2D eigenvalue weighted by molar-refractivity contribution is 7.98. The Kier molecular flexibility index (Phi) is 4.57. The summed E-state index contributed by atoms with van der Waals surface area (Å²) >= 11 is 1.44. The van der Waals surface area contributed by atoms with Crippen LogP contribution in [0.3, 0.4) is 0 Å². The van der Waals surface area contributed by atoms with Gasteiger partial charge in [-0.25, -0.2) is 9.59 Å². The first kappa shape index (κ1) is 12.0. The third kappa shape index (κ3) is 4.00. The molecule has 0 rings (SSSR count). The summed E-state index contributed by atoms with van der Waals surface area (Å²) < 4.78 is 0. The van der Waals surface area contributed by atoms with E-state index in [1.54, 1.807) is 0 Å². The third-order valence-electron chi connectivity index (χ3n) is 1.43. The molecule has 13 heavy (non-hydrogen) atoms. The average Bonchev–Trinajstić information content (AvgIpc) is 1.99. The first-order chi connectivity index (χ1) is 5.92. The van der Waals surface area contributed by atoms with Crippen LogP contribution in [0.25, 0.3) is 0 Å². The SMILES string of the molecule is CSCCC(N)(NC(N)=O)C(=O)O. The van der Waals surface area contributed by atoms with Crippen molar-refractivity contribution >= 4 is 23.8 Å². The predicted molar refractivity (Wildman–Crippen MR) is 50.3 cm³/mol. The van der Waals surface area contributed by atoms with E-state index in [1.807, 2.05) is 11.6 Å². The van der Waals surface area contributed by atoms with E-state index >= 15 is 0 Å². The number of carbonyl (C=O) groups excluding carboxylic acids is 1. The Hall–Kier alpha value is -0.950. The Bertz CT molecular complexity index is 211. The van der Waals surface area contributed by atoms with Gasteiger partial charge in [0.1, 0.15) is 0 Å². The lowest BCUT2D eigenvalue weighted by atomic mass is 10.1. The number of hydrogen-bond donors (Lipinski definition) is 4. The van der Waals surface area contributed by atoms with E-state index < -0.39 is 17.7 Å². The van der Waals surface area contributed by atoms with Crippen LogP contribution in [0.15, 0.2) is 0 Å². The van der Waals surface area contributed by atoms with Gasteiger partial charge < -0.3 is 16.2 Å². The fourth-order valence-electron chi connectivity index (χ4n) is 0.706. The van der Waals surface area contributed by atoms with Crippen LogP contribution < -0.4 is 16.8 Å². The van der Waals surface area contributed by atoms with E-state index in [-0.39, 0.29) is 6.42 Å². The van der Waals surface area contributed by atoms with Gasteiger partial charge in [-0.3, -0.25) is 5.73 Å². The standard InChI is InChI=1S/C6H13N3O3S/c1-13-3-2-6(8,4(10)11)9-5(7)12/h2-3,8H2,1H3,(H,10,11)(H3,7,9,12). The molecule has 0 saturated heterocycles. The Morgan fingerprint density at radius 1 is 1.62 bits per heavy atom. The van der Waals surface area contributed by atoms with Gasteiger partial charge in [-0.1, -0.05) is 0 Å². The van der Waals surface area contributed by atoms with Crippen molar-refractivity contribution in [1.82, 2.24) is 5.32 Å². The number of nitrogens with one attached hydrogen (secondary N) is 1. The van der Waals surface area contributed by atoms with Gasteiger partial charge in [-0.2, -0.15) is 11.8 Å². The monoisotopic (exact) mass is 207 g/mol. The molecular formula is C6H13N3O3S. The first-order valence-electron chi connectivity index (χ1n) is 3.51. The number of carboxylic acid groups (broad SMARTS) is 1. The summed E-state index contributed by atoms with van der Waals surface area (Å²) in [6.45, 7) is 0. The molecule has 1 unspecified atom stereocenters. The molecule has 6 nitrogen and oxygen atoms in total. The molecule has 0 aromatic heterocycles. The second kappa shape index (κ2) is 4.93. The number of aliphatic carboxylic acids is 1. The summed E-state index contributed by atoms with van der Waals surface area (Å²) in [5.74, 6) is -0.761. The molecule has 0 aliphatic heterocycles. The van der Waals surface area contributed by atoms with Crippen LogP contribution in [0.5, 0.6) is 0 Å². The normalized spacial score (nSPS) is 14.6. The lowest BCUT2D eigenvalue weighted by Crippen LogP contribution is -2.63. The number of primary amides is 1. The van der Waals surface area contributed by atoms with Gasteiger partial charge in [0.15, 0.2) is 5.66 Å². The average molecular weight is 207 g/mol. The number of urea groups is 1. The highest BCUT2D eigenvalue weighted by Crippen LogP contribution is 2.07. The topological polar surface area (TPSA) is 118 Å². The molecule has 0 fully saturated rings. The van der Waals surface area contributed by atoms with Gasteiger partial charge in [0, 0.05) is 6.42 Å². The van der Waals surface area contributed by atoms with E-state index in [2.05, 4.69) is 0 Å². The second-order valence-corrected chi connectivity index (χ2v) is 3.49. The van der Waals surface area contributed by atoms with Gasteiger partial charge >= 0.3 is 12.0 Å². The lowest BCUT2D eigenvalue weighted by Gasteiger charge is -2.24. The molecule has 0 aromatic rings. The number of thioether (sulfide) groups is 1. The van der Waals surface area contributed by atoms with Crippen LogP contribution in [0.1, 0.15) is 6.42 Å². The molecule has 2 amide bonds. The summed E-state index contributed by atoms with van der Waals surface area (Å²) in [5, 5.41) is 10.7. The zero-order valence-corrected chi connectivity index (χ0v) is 8.06. The fraction of sp³-hybridized carbons (Fsp3) is 0.667. The van der Waals surface area contributed by atoms with Crippen molar-refractivity contribution < 1.29 is 14.7 Å². The van der Waals surface area contributed by atoms with E-state index in [0.29, 0.717) is 5.75 Å². The van der Waals surface area contributed by atoms with Gasteiger partial charge in [-0.15, -0.1) is 0 Å². The van der Waals surface area contributed by atoms with Crippen molar-refractivity contribution in [3.63, 3.8) is 0 Å². The lowest BCUT2D eigenvalue weighted by molar-refractivity contribution is -0.144. The number of amides is 2. The molecule has 6 N–H and O–H groups in total. The van der Waals surface area contributed by atoms with Crippen LogP contribution >= 0.6 is 11.8 Å². The molecule has 0 aliphatic rings. The fourth-order valence-corrected chi connectivity index (χ4v) is 1.23. The summed E-state index contributed by atoms with van der Waals surface area (Å²) in [7, 11) is 0. The van der Waals surface area contributed by atoms with Crippen molar-refractivity contribution in [2.24, 2.45) is 11.5 Å². The summed E-state index contributed by atoms with van der Waals surface area (Å²) in [5.41, 5.74) is 8.44. The zero-order valence-electron chi connectivity index (χ0n) is 7.24. The van der Waals surface area contributed by atoms with E-state index in [9.17, 15) is 9.59 Å². The Morgan fingerprint density at radius 3 is 2.46 bits per heavy atom. The molecular weight excluding hydrogens is 194 g/mol. The molecule has 7 heteroatoms. The van der Waals surface area contributed by atoms with Crippen molar-refractivity contribution in [2.75, 3.05) is 12.0 Å². The number of carbonyl (C=O) groups is 2. The molecule has 0 bridgehead atoms. The maximum Gasteiger partial charge on any atom is 0.344 e. The molecule has 1 atom stereocenters. The van der Waals surface area contributed by atoms with Crippen molar-refractivity contribution in [2.45, 2.75) is 12.1 Å². The Labute approximate surface area is 80.0 Å². The minimum atomic E-state index is -1.76. The van der Waals surface area contributed by atoms with Crippen LogP contribution in [0.2, 0.25) is 0 Å². The molecule has 0 saturated carbocycles. The van der Waals surface area contributed by atoms with Crippen LogP contribution in [-0.4, -0.2) is 34.8 Å². The zero-order chi connectivity index (χ0) is 10.5. The number of hydrogen-bond acceptors (Lipinski definition) is 4. The molecule has 0 spiro atoms. The van der Waals surface area contributed by atoms with E-state index in [4.69, 9.17) is 16.6 Å². The predicted octanol–water partition coefficient (Wildman–Crippen LogP) is -0.853. The van der Waals surface area contributed by atoms with E-state index in [1.165, 1.54) is 11.8 Å². The van der Waals surface area contributed by atoms with Gasteiger partial charge in [-0.05, 0) is 12.0 Å². The smallest absolute Gasteiger partial charge is 0.344 e. The maximum absolute atomic E-state index is 10.7. The summed E-state index contributed by atoms with van der Waals surface area (Å²) in [6, 6.07) is -0.939. The number of rotatable bonds is 5. The number of nitrogens with two attached hydrogens (primary N) is 2. The van der Waals surface area contributed by atoms with Crippen molar-refractivity contribution in [3.05, 3.63) is 0 Å².